The number of hydrogen-bond acceptors (Lipinski definition) is 5. The molecule has 0 aliphatic rings. The van der Waals surface area contributed by atoms with Crippen LogP contribution in [0.15, 0.2) is 42.0 Å². The summed E-state index contributed by atoms with van der Waals surface area (Å²) in [7, 11) is 1.55. The van der Waals surface area contributed by atoms with E-state index in [0.717, 1.165) is 9.13 Å². The number of aryl methyl sites for hydroxylation is 1. The fourth-order valence-electron chi connectivity index (χ4n) is 2.32. The number of nitriles is 1. The molecule has 6 heteroatoms. The van der Waals surface area contributed by atoms with E-state index in [0.29, 0.717) is 23.7 Å². The van der Waals surface area contributed by atoms with Crippen LogP contribution < -0.4 is 9.47 Å². The van der Waals surface area contributed by atoms with Crippen molar-refractivity contribution >= 4 is 34.6 Å². The second kappa shape index (κ2) is 9.97. The third-order valence-electron chi connectivity index (χ3n) is 3.68. The third kappa shape index (κ3) is 5.73. The van der Waals surface area contributed by atoms with Gasteiger partial charge in [0.25, 0.3) is 0 Å². The average Bonchev–Trinajstić information content (AvgIpc) is 2.66. The number of esters is 1. The highest BCUT2D eigenvalue weighted by Crippen LogP contribution is 2.35. The van der Waals surface area contributed by atoms with Gasteiger partial charge in [-0.3, -0.25) is 0 Å². The summed E-state index contributed by atoms with van der Waals surface area (Å²) in [5.41, 5.74) is 2.83. The molecule has 0 fully saturated rings. The third-order valence-corrected chi connectivity index (χ3v) is 4.48. The Morgan fingerprint density at radius 2 is 1.96 bits per heavy atom. The van der Waals surface area contributed by atoms with E-state index in [9.17, 15) is 10.1 Å². The highest BCUT2D eigenvalue weighted by molar-refractivity contribution is 14.1. The van der Waals surface area contributed by atoms with E-state index in [4.69, 9.17) is 14.2 Å². The molecular formula is C21H20INO4. The first-order valence-corrected chi connectivity index (χ1v) is 9.41. The van der Waals surface area contributed by atoms with Gasteiger partial charge in [-0.2, -0.15) is 5.26 Å². The summed E-state index contributed by atoms with van der Waals surface area (Å²) >= 11 is 2.14. The predicted molar refractivity (Wildman–Crippen MR) is 111 cm³/mol. The summed E-state index contributed by atoms with van der Waals surface area (Å²) in [5, 5.41) is 9.19. The van der Waals surface area contributed by atoms with Crippen LogP contribution in [0.25, 0.3) is 6.08 Å². The molecule has 0 spiro atoms. The molecule has 27 heavy (non-hydrogen) atoms. The maximum absolute atomic E-state index is 11.8. The van der Waals surface area contributed by atoms with Crippen LogP contribution in [-0.4, -0.2) is 19.7 Å². The number of methoxy groups -OCH3 is 1. The van der Waals surface area contributed by atoms with Crippen molar-refractivity contribution in [3.63, 3.8) is 0 Å². The van der Waals surface area contributed by atoms with Crippen molar-refractivity contribution < 1.29 is 19.0 Å². The normalized spacial score (nSPS) is 10.9. The zero-order chi connectivity index (χ0) is 19.8. The molecule has 0 atom stereocenters. The SMILES string of the molecule is CCOC(=O)/C(C#N)=C/c1cc(I)c(OCc2ccc(C)cc2)c(OC)c1. The molecule has 0 saturated heterocycles. The highest BCUT2D eigenvalue weighted by Gasteiger charge is 2.14. The zero-order valence-corrected chi connectivity index (χ0v) is 17.6. The number of benzene rings is 2. The maximum atomic E-state index is 11.8. The largest absolute Gasteiger partial charge is 0.493 e. The number of rotatable bonds is 7. The van der Waals surface area contributed by atoms with Gasteiger partial charge in [-0.25, -0.2) is 4.79 Å². The van der Waals surface area contributed by atoms with Gasteiger partial charge in [0, 0.05) is 0 Å². The van der Waals surface area contributed by atoms with Crippen LogP contribution in [0.1, 0.15) is 23.6 Å². The monoisotopic (exact) mass is 477 g/mol. The van der Waals surface area contributed by atoms with Crippen molar-refractivity contribution in [2.45, 2.75) is 20.5 Å². The number of ether oxygens (including phenoxy) is 3. The first-order valence-electron chi connectivity index (χ1n) is 8.33. The molecule has 0 saturated carbocycles. The van der Waals surface area contributed by atoms with E-state index in [1.54, 1.807) is 20.1 Å². The molecule has 2 rings (SSSR count). The molecule has 0 aliphatic carbocycles. The van der Waals surface area contributed by atoms with Crippen LogP contribution in [0.4, 0.5) is 0 Å². The molecule has 0 heterocycles. The van der Waals surface area contributed by atoms with Gasteiger partial charge < -0.3 is 14.2 Å². The average molecular weight is 477 g/mol. The highest BCUT2D eigenvalue weighted by atomic mass is 127. The van der Waals surface area contributed by atoms with Crippen LogP contribution in [0.3, 0.4) is 0 Å². The van der Waals surface area contributed by atoms with E-state index in [2.05, 4.69) is 22.6 Å². The molecule has 0 amide bonds. The van der Waals surface area contributed by atoms with E-state index < -0.39 is 5.97 Å². The maximum Gasteiger partial charge on any atom is 0.348 e. The Morgan fingerprint density at radius 3 is 2.56 bits per heavy atom. The Bertz CT molecular complexity index is 882. The molecule has 0 bridgehead atoms. The minimum absolute atomic E-state index is 0.0666. The first kappa shape index (κ1) is 20.8. The molecule has 2 aromatic rings. The van der Waals surface area contributed by atoms with Crippen LogP contribution in [0.2, 0.25) is 0 Å². The summed E-state index contributed by atoms with van der Waals surface area (Å²) in [6, 6.07) is 13.5. The lowest BCUT2D eigenvalue weighted by Crippen LogP contribution is -2.06. The lowest BCUT2D eigenvalue weighted by Gasteiger charge is -2.14. The fourth-order valence-corrected chi connectivity index (χ4v) is 3.10. The Morgan fingerprint density at radius 1 is 1.26 bits per heavy atom. The topological polar surface area (TPSA) is 68.6 Å². The standard InChI is InChI=1S/C21H20INO4/c1-4-26-21(24)17(12-23)9-16-10-18(22)20(19(11-16)25-3)27-13-15-7-5-14(2)6-8-15/h5-11H,4,13H2,1-3H3/b17-9+. The summed E-state index contributed by atoms with van der Waals surface area (Å²) in [6.45, 7) is 4.35. The molecule has 0 aromatic heterocycles. The van der Waals surface area contributed by atoms with E-state index in [1.165, 1.54) is 11.6 Å². The minimum atomic E-state index is -0.645. The lowest BCUT2D eigenvalue weighted by atomic mass is 10.1. The molecule has 2 aromatic carbocycles. The van der Waals surface area contributed by atoms with Crippen molar-refractivity contribution in [2.75, 3.05) is 13.7 Å². The summed E-state index contributed by atoms with van der Waals surface area (Å²) in [4.78, 5) is 11.8. The zero-order valence-electron chi connectivity index (χ0n) is 15.4. The lowest BCUT2D eigenvalue weighted by molar-refractivity contribution is -0.137. The Kier molecular flexibility index (Phi) is 7.67. The van der Waals surface area contributed by atoms with Crippen LogP contribution in [0.5, 0.6) is 11.5 Å². The van der Waals surface area contributed by atoms with Crippen molar-refractivity contribution in [1.29, 1.82) is 5.26 Å². The molecule has 140 valence electrons. The van der Waals surface area contributed by atoms with Gasteiger partial charge in [0.05, 0.1) is 17.3 Å². The first-order chi connectivity index (χ1) is 13.0. The summed E-state index contributed by atoms with van der Waals surface area (Å²) in [6.07, 6.45) is 1.48. The van der Waals surface area contributed by atoms with E-state index >= 15 is 0 Å². The van der Waals surface area contributed by atoms with Crippen LogP contribution in [0, 0.1) is 21.8 Å². The van der Waals surface area contributed by atoms with Crippen molar-refractivity contribution in [3.8, 4) is 17.6 Å². The smallest absolute Gasteiger partial charge is 0.348 e. The van der Waals surface area contributed by atoms with Gasteiger partial charge in [0.15, 0.2) is 11.5 Å². The van der Waals surface area contributed by atoms with Gasteiger partial charge in [0.1, 0.15) is 18.2 Å². The Balaban J connectivity index is 2.27. The molecule has 5 nitrogen and oxygen atoms in total. The van der Waals surface area contributed by atoms with E-state index in [-0.39, 0.29) is 12.2 Å². The summed E-state index contributed by atoms with van der Waals surface area (Å²) < 4.78 is 17.1. The molecule has 0 N–H and O–H groups in total. The second-order valence-corrected chi connectivity index (χ2v) is 6.86. The number of hydrogen-bond donors (Lipinski definition) is 0. The van der Waals surface area contributed by atoms with Crippen molar-refractivity contribution in [3.05, 3.63) is 62.2 Å². The number of nitrogens with zero attached hydrogens (tertiary/aromatic N) is 1. The Hall–Kier alpha value is -2.53. The molecule has 0 unspecified atom stereocenters. The van der Waals surface area contributed by atoms with Gasteiger partial charge >= 0.3 is 5.97 Å². The van der Waals surface area contributed by atoms with Crippen molar-refractivity contribution in [1.82, 2.24) is 0 Å². The Labute approximate surface area is 172 Å². The molecule has 0 aliphatic heterocycles. The van der Waals surface area contributed by atoms with Crippen LogP contribution in [-0.2, 0) is 16.1 Å². The van der Waals surface area contributed by atoms with Gasteiger partial charge in [-0.15, -0.1) is 0 Å². The van der Waals surface area contributed by atoms with Crippen LogP contribution >= 0.6 is 22.6 Å². The van der Waals surface area contributed by atoms with Gasteiger partial charge in [0.2, 0.25) is 0 Å². The van der Waals surface area contributed by atoms with Gasteiger partial charge in [-0.1, -0.05) is 29.8 Å². The number of carbonyl (C=O) groups is 1. The quantitative estimate of drug-likeness (QED) is 0.251. The van der Waals surface area contributed by atoms with E-state index in [1.807, 2.05) is 43.3 Å². The predicted octanol–water partition coefficient (Wildman–Crippen LogP) is 4.66. The molecule has 0 radical (unpaired) electrons. The fraction of sp³-hybridized carbons (Fsp3) is 0.238. The number of carbonyl (C=O) groups excluding carboxylic acids is 1. The number of halogens is 1. The second-order valence-electron chi connectivity index (χ2n) is 5.70. The summed E-state index contributed by atoms with van der Waals surface area (Å²) in [5.74, 6) is 0.501. The molecular weight excluding hydrogens is 457 g/mol. The minimum Gasteiger partial charge on any atom is -0.493 e. The van der Waals surface area contributed by atoms with Gasteiger partial charge in [-0.05, 0) is 65.8 Å². The van der Waals surface area contributed by atoms with Crippen molar-refractivity contribution in [2.24, 2.45) is 0 Å².